The second-order valence-corrected chi connectivity index (χ2v) is 8.28. The van der Waals surface area contributed by atoms with Crippen LogP contribution in [0, 0.1) is 18.3 Å². The average molecular weight is 411 g/mol. The third-order valence-electron chi connectivity index (χ3n) is 5.51. The Balaban J connectivity index is 1.81. The third kappa shape index (κ3) is 3.91. The zero-order valence-corrected chi connectivity index (χ0v) is 17.6. The lowest BCUT2D eigenvalue weighted by Gasteiger charge is -2.28. The molecule has 1 unspecified atom stereocenters. The van der Waals surface area contributed by atoms with E-state index in [1.165, 1.54) is 16.9 Å². The zero-order valence-electron chi connectivity index (χ0n) is 16.7. The van der Waals surface area contributed by atoms with Crippen LogP contribution < -0.4 is 0 Å². The number of hydrogen-bond acceptors (Lipinski definition) is 4. The molecule has 1 atom stereocenters. The molecule has 1 heterocycles. The van der Waals surface area contributed by atoms with Crippen molar-refractivity contribution in [2.45, 2.75) is 25.4 Å². The Hall–Kier alpha value is -3.26. The summed E-state index contributed by atoms with van der Waals surface area (Å²) in [5, 5.41) is 21.6. The lowest BCUT2D eigenvalue weighted by molar-refractivity contribution is 0.0749. The van der Waals surface area contributed by atoms with Crippen molar-refractivity contribution in [1.82, 2.24) is 4.98 Å². The van der Waals surface area contributed by atoms with Crippen LogP contribution in [0.15, 0.2) is 84.5 Å². The van der Waals surface area contributed by atoms with Crippen LogP contribution in [0.4, 0.5) is 0 Å². The van der Waals surface area contributed by atoms with Crippen LogP contribution in [0.5, 0.6) is 0 Å². The molecule has 0 amide bonds. The summed E-state index contributed by atoms with van der Waals surface area (Å²) in [5.41, 5.74) is 6.06. The van der Waals surface area contributed by atoms with Gasteiger partial charge in [0.2, 0.25) is 0 Å². The monoisotopic (exact) mass is 410 g/mol. The third-order valence-corrected chi connectivity index (χ3v) is 6.44. The van der Waals surface area contributed by atoms with Gasteiger partial charge in [-0.25, -0.2) is 0 Å². The predicted molar refractivity (Wildman–Crippen MR) is 121 cm³/mol. The fourth-order valence-corrected chi connectivity index (χ4v) is 4.57. The van der Waals surface area contributed by atoms with Crippen molar-refractivity contribution in [3.05, 3.63) is 112 Å². The minimum atomic E-state index is -1.18. The summed E-state index contributed by atoms with van der Waals surface area (Å²) in [6.45, 7) is 2.04. The smallest absolute Gasteiger partial charge is 0.126 e. The number of aliphatic hydroxyl groups is 1. The lowest BCUT2D eigenvalue weighted by atomic mass is 9.83. The maximum atomic E-state index is 11.9. The summed E-state index contributed by atoms with van der Waals surface area (Å²) in [5.74, 6) is 0. The van der Waals surface area contributed by atoms with Crippen LogP contribution in [-0.2, 0) is 12.0 Å². The highest BCUT2D eigenvalue weighted by atomic mass is 32.1. The van der Waals surface area contributed by atoms with Crippen LogP contribution >= 0.6 is 11.3 Å². The molecule has 0 bridgehead atoms. The van der Waals surface area contributed by atoms with Crippen molar-refractivity contribution in [3.8, 4) is 17.2 Å². The maximum Gasteiger partial charge on any atom is 0.126 e. The molecule has 3 aromatic carbocycles. The minimum Gasteiger partial charge on any atom is -0.379 e. The fourth-order valence-electron chi connectivity index (χ4n) is 3.80. The van der Waals surface area contributed by atoms with E-state index in [4.69, 9.17) is 0 Å². The molecule has 0 aliphatic carbocycles. The molecule has 4 heteroatoms. The highest BCUT2D eigenvalue weighted by Gasteiger charge is 2.33. The van der Waals surface area contributed by atoms with E-state index in [-0.39, 0.29) is 0 Å². The molecule has 0 saturated heterocycles. The Kier molecular flexibility index (Phi) is 5.76. The first-order valence-corrected chi connectivity index (χ1v) is 10.8. The van der Waals surface area contributed by atoms with Crippen LogP contribution in [0.3, 0.4) is 0 Å². The van der Waals surface area contributed by atoms with Gasteiger partial charge in [0.05, 0.1) is 22.0 Å². The summed E-state index contributed by atoms with van der Waals surface area (Å²) in [6, 6.07) is 26.1. The van der Waals surface area contributed by atoms with E-state index in [1.807, 2.05) is 67.6 Å². The van der Waals surface area contributed by atoms with Crippen molar-refractivity contribution in [1.29, 1.82) is 5.26 Å². The number of nitrogens with zero attached hydrogens (tertiary/aromatic N) is 2. The van der Waals surface area contributed by atoms with Gasteiger partial charge in [0.1, 0.15) is 5.60 Å². The Morgan fingerprint density at radius 1 is 1.00 bits per heavy atom. The fraction of sp³-hybridized carbons (Fsp3) is 0.154. The standard InChI is InChI=1S/C26H22N2OS/c1-19-7-5-6-10-23(19)24-15-22(12-11-21(24)16-27)26(29,25-17-28-18-30-25)14-13-20-8-3-2-4-9-20/h2-12,15,17-18,29H,13-14H2,1H3. The molecule has 1 aromatic heterocycles. The van der Waals surface area contributed by atoms with E-state index in [2.05, 4.69) is 23.2 Å². The molecule has 30 heavy (non-hydrogen) atoms. The molecule has 1 N–H and O–H groups in total. The van der Waals surface area contributed by atoms with E-state index in [9.17, 15) is 10.4 Å². The molecule has 0 fully saturated rings. The highest BCUT2D eigenvalue weighted by Crippen LogP contribution is 2.39. The zero-order chi connectivity index (χ0) is 21.0. The molecule has 0 aliphatic rings. The first-order valence-electron chi connectivity index (χ1n) is 9.88. The summed E-state index contributed by atoms with van der Waals surface area (Å²) in [6.07, 6.45) is 2.99. The molecule has 148 valence electrons. The molecule has 0 radical (unpaired) electrons. The molecule has 4 rings (SSSR count). The largest absolute Gasteiger partial charge is 0.379 e. The average Bonchev–Trinajstić information content (AvgIpc) is 3.34. The van der Waals surface area contributed by atoms with Crippen molar-refractivity contribution >= 4 is 11.3 Å². The van der Waals surface area contributed by atoms with Gasteiger partial charge in [-0.1, -0.05) is 60.7 Å². The van der Waals surface area contributed by atoms with Gasteiger partial charge in [-0.3, -0.25) is 4.98 Å². The number of thiazole rings is 1. The summed E-state index contributed by atoms with van der Waals surface area (Å²) in [4.78, 5) is 5.01. The highest BCUT2D eigenvalue weighted by molar-refractivity contribution is 7.09. The van der Waals surface area contributed by atoms with E-state index >= 15 is 0 Å². The predicted octanol–water partition coefficient (Wildman–Crippen LogP) is 5.86. The number of rotatable bonds is 6. The van der Waals surface area contributed by atoms with Crippen LogP contribution in [-0.4, -0.2) is 10.1 Å². The second kappa shape index (κ2) is 8.62. The molecule has 0 spiro atoms. The summed E-state index contributed by atoms with van der Waals surface area (Å²) in [7, 11) is 0. The summed E-state index contributed by atoms with van der Waals surface area (Å²) >= 11 is 1.45. The van der Waals surface area contributed by atoms with Gasteiger partial charge in [-0.2, -0.15) is 5.26 Å². The topological polar surface area (TPSA) is 56.9 Å². The maximum absolute atomic E-state index is 11.9. The number of aromatic nitrogens is 1. The van der Waals surface area contributed by atoms with Gasteiger partial charge in [0.15, 0.2) is 0 Å². The minimum absolute atomic E-state index is 0.526. The molecular weight excluding hydrogens is 388 g/mol. The number of benzene rings is 3. The van der Waals surface area contributed by atoms with Gasteiger partial charge in [-0.15, -0.1) is 11.3 Å². The second-order valence-electron chi connectivity index (χ2n) is 7.40. The first kappa shape index (κ1) is 20.0. The van der Waals surface area contributed by atoms with Crippen molar-refractivity contribution in [2.24, 2.45) is 0 Å². The molecule has 4 aromatic rings. The van der Waals surface area contributed by atoms with Gasteiger partial charge in [-0.05, 0) is 54.2 Å². The molecule has 3 nitrogen and oxygen atoms in total. The Bertz CT molecular complexity index is 1180. The SMILES string of the molecule is Cc1ccccc1-c1cc(C(O)(CCc2ccccc2)c2cncs2)ccc1C#N. The first-order chi connectivity index (χ1) is 14.6. The Labute approximate surface area is 180 Å². The van der Waals surface area contributed by atoms with E-state index in [0.29, 0.717) is 12.0 Å². The Morgan fingerprint density at radius 2 is 1.77 bits per heavy atom. The van der Waals surface area contributed by atoms with E-state index in [0.717, 1.165) is 33.6 Å². The van der Waals surface area contributed by atoms with Crippen molar-refractivity contribution in [2.75, 3.05) is 0 Å². The van der Waals surface area contributed by atoms with Gasteiger partial charge >= 0.3 is 0 Å². The van der Waals surface area contributed by atoms with E-state index in [1.54, 1.807) is 11.7 Å². The quantitative estimate of drug-likeness (QED) is 0.433. The number of nitriles is 1. The van der Waals surface area contributed by atoms with Gasteiger partial charge in [0, 0.05) is 11.8 Å². The van der Waals surface area contributed by atoms with Crippen LogP contribution in [0.1, 0.15) is 33.6 Å². The number of hydrogen-bond donors (Lipinski definition) is 1. The van der Waals surface area contributed by atoms with Gasteiger partial charge < -0.3 is 5.11 Å². The normalized spacial score (nSPS) is 12.8. The van der Waals surface area contributed by atoms with Crippen molar-refractivity contribution < 1.29 is 5.11 Å². The molecular formula is C26H22N2OS. The van der Waals surface area contributed by atoms with Gasteiger partial charge in [0.25, 0.3) is 0 Å². The van der Waals surface area contributed by atoms with Crippen LogP contribution in [0.25, 0.3) is 11.1 Å². The van der Waals surface area contributed by atoms with Crippen molar-refractivity contribution in [3.63, 3.8) is 0 Å². The van der Waals surface area contributed by atoms with E-state index < -0.39 is 5.60 Å². The lowest BCUT2D eigenvalue weighted by Crippen LogP contribution is -2.27. The molecule has 0 saturated carbocycles. The van der Waals surface area contributed by atoms with Crippen LogP contribution in [0.2, 0.25) is 0 Å². The molecule has 0 aliphatic heterocycles. The number of aryl methyl sites for hydroxylation is 2. The summed E-state index contributed by atoms with van der Waals surface area (Å²) < 4.78 is 0. The Morgan fingerprint density at radius 3 is 2.47 bits per heavy atom.